The van der Waals surface area contributed by atoms with E-state index in [4.69, 9.17) is 4.74 Å². The van der Waals surface area contributed by atoms with E-state index in [1.165, 1.54) is 6.07 Å². The number of ether oxygens (including phenoxy) is 1. The van der Waals surface area contributed by atoms with Gasteiger partial charge in [0.1, 0.15) is 5.75 Å². The van der Waals surface area contributed by atoms with Crippen LogP contribution in [0, 0.1) is 0 Å². The van der Waals surface area contributed by atoms with E-state index in [1.807, 2.05) is 25.2 Å². The zero-order chi connectivity index (χ0) is 18.5. The number of nitrogens with zero attached hydrogens (tertiary/aromatic N) is 1. The molecular weight excluding hydrogens is 332 g/mol. The van der Waals surface area contributed by atoms with E-state index in [-0.39, 0.29) is 23.6 Å². The van der Waals surface area contributed by atoms with Gasteiger partial charge < -0.3 is 19.7 Å². The number of hydrogen-bond donors (Lipinski definition) is 2. The summed E-state index contributed by atoms with van der Waals surface area (Å²) in [5.41, 5.74) is 0.649. The number of pyridine rings is 1. The number of carbonyl (C=O) groups is 1. The molecule has 6 heteroatoms. The maximum Gasteiger partial charge on any atom is 0.248 e. The molecule has 140 valence electrons. The molecule has 1 amide bonds. The smallest absolute Gasteiger partial charge is 0.248 e. The molecule has 2 N–H and O–H groups in total. The number of carbonyl (C=O) groups excluding carboxylic acids is 1. The van der Waals surface area contributed by atoms with Gasteiger partial charge in [0, 0.05) is 36.5 Å². The van der Waals surface area contributed by atoms with E-state index in [1.54, 1.807) is 11.0 Å². The van der Waals surface area contributed by atoms with Crippen LogP contribution in [0.2, 0.25) is 0 Å². The SMILES string of the molecule is CN(C(=O)CCCOc1ccc2[nH]c(=O)ccc2c1)C1CCCC(O)C1. The molecule has 0 bridgehead atoms. The van der Waals surface area contributed by atoms with Crippen molar-refractivity contribution in [1.29, 1.82) is 0 Å². The molecular formula is C20H26N2O4. The molecule has 1 heterocycles. The lowest BCUT2D eigenvalue weighted by molar-refractivity contribution is -0.133. The van der Waals surface area contributed by atoms with Gasteiger partial charge in [0.25, 0.3) is 0 Å². The molecule has 2 atom stereocenters. The number of H-pyrrole nitrogens is 1. The van der Waals surface area contributed by atoms with Gasteiger partial charge in [-0.3, -0.25) is 9.59 Å². The third kappa shape index (κ3) is 4.64. The van der Waals surface area contributed by atoms with Crippen molar-refractivity contribution in [2.45, 2.75) is 50.7 Å². The molecule has 1 fully saturated rings. The Bertz CT molecular complexity index is 817. The van der Waals surface area contributed by atoms with Crippen molar-refractivity contribution in [3.05, 3.63) is 40.7 Å². The number of amides is 1. The summed E-state index contributed by atoms with van der Waals surface area (Å²) in [5, 5.41) is 10.7. The summed E-state index contributed by atoms with van der Waals surface area (Å²) in [6, 6.07) is 8.91. The lowest BCUT2D eigenvalue weighted by Crippen LogP contribution is -2.41. The van der Waals surface area contributed by atoms with Crippen LogP contribution in [0.25, 0.3) is 10.9 Å². The first kappa shape index (κ1) is 18.5. The summed E-state index contributed by atoms with van der Waals surface area (Å²) in [6.45, 7) is 0.460. The average molecular weight is 358 g/mol. The van der Waals surface area contributed by atoms with Crippen molar-refractivity contribution in [3.8, 4) is 5.75 Å². The molecule has 6 nitrogen and oxygen atoms in total. The molecule has 1 aliphatic rings. The van der Waals surface area contributed by atoms with Gasteiger partial charge in [-0.1, -0.05) is 0 Å². The molecule has 0 radical (unpaired) electrons. The summed E-state index contributed by atoms with van der Waals surface area (Å²) in [4.78, 5) is 28.2. The summed E-state index contributed by atoms with van der Waals surface area (Å²) in [5.74, 6) is 0.824. The molecule has 1 aromatic heterocycles. The van der Waals surface area contributed by atoms with E-state index in [2.05, 4.69) is 4.98 Å². The number of aromatic amines is 1. The maximum atomic E-state index is 12.3. The van der Waals surface area contributed by atoms with Gasteiger partial charge in [-0.25, -0.2) is 0 Å². The quantitative estimate of drug-likeness (QED) is 0.777. The van der Waals surface area contributed by atoms with Crippen LogP contribution < -0.4 is 10.3 Å². The second-order valence-electron chi connectivity index (χ2n) is 7.00. The maximum absolute atomic E-state index is 12.3. The number of rotatable bonds is 6. The number of benzene rings is 1. The van der Waals surface area contributed by atoms with Crippen molar-refractivity contribution in [2.24, 2.45) is 0 Å². The van der Waals surface area contributed by atoms with E-state index in [0.29, 0.717) is 25.9 Å². The Kier molecular flexibility index (Phi) is 5.93. The fourth-order valence-corrected chi connectivity index (χ4v) is 3.51. The second kappa shape index (κ2) is 8.36. The number of aliphatic hydroxyl groups is 1. The van der Waals surface area contributed by atoms with Crippen LogP contribution >= 0.6 is 0 Å². The van der Waals surface area contributed by atoms with Crippen molar-refractivity contribution in [2.75, 3.05) is 13.7 Å². The first-order valence-electron chi connectivity index (χ1n) is 9.22. The summed E-state index contributed by atoms with van der Waals surface area (Å²) in [6.07, 6.45) is 4.25. The molecule has 1 saturated carbocycles. The standard InChI is InChI=1S/C20H26N2O4/c1-22(15-4-2-5-16(23)13-15)20(25)6-3-11-26-17-8-9-18-14(12-17)7-10-19(24)21-18/h7-10,12,15-16,23H,2-6,11,13H2,1H3,(H,21,24). The van der Waals surface area contributed by atoms with Gasteiger partial charge >= 0.3 is 0 Å². The predicted octanol–water partition coefficient (Wildman–Crippen LogP) is 2.45. The Morgan fingerprint density at radius 1 is 1.31 bits per heavy atom. The van der Waals surface area contributed by atoms with E-state index in [0.717, 1.165) is 35.9 Å². The lowest BCUT2D eigenvalue weighted by atomic mass is 9.92. The van der Waals surface area contributed by atoms with Gasteiger partial charge in [-0.05, 0) is 56.4 Å². The van der Waals surface area contributed by atoms with Crippen LogP contribution in [-0.2, 0) is 4.79 Å². The van der Waals surface area contributed by atoms with Gasteiger partial charge in [0.05, 0.1) is 12.7 Å². The minimum Gasteiger partial charge on any atom is -0.494 e. The van der Waals surface area contributed by atoms with Gasteiger partial charge in [-0.15, -0.1) is 0 Å². The lowest BCUT2D eigenvalue weighted by Gasteiger charge is -2.33. The van der Waals surface area contributed by atoms with Crippen LogP contribution in [0.3, 0.4) is 0 Å². The Hall–Kier alpha value is -2.34. The van der Waals surface area contributed by atoms with Crippen LogP contribution in [0.5, 0.6) is 5.75 Å². The van der Waals surface area contributed by atoms with Crippen molar-refractivity contribution in [3.63, 3.8) is 0 Å². The van der Waals surface area contributed by atoms with Crippen molar-refractivity contribution in [1.82, 2.24) is 9.88 Å². The predicted molar refractivity (Wildman–Crippen MR) is 100 cm³/mol. The second-order valence-corrected chi connectivity index (χ2v) is 7.00. The first-order valence-corrected chi connectivity index (χ1v) is 9.22. The monoisotopic (exact) mass is 358 g/mol. The Balaban J connectivity index is 1.45. The molecule has 2 aromatic rings. The first-order chi connectivity index (χ1) is 12.5. The van der Waals surface area contributed by atoms with Crippen LogP contribution in [0.15, 0.2) is 35.1 Å². The van der Waals surface area contributed by atoms with Gasteiger partial charge in [0.2, 0.25) is 11.5 Å². The molecule has 1 aliphatic carbocycles. The van der Waals surface area contributed by atoms with E-state index in [9.17, 15) is 14.7 Å². The van der Waals surface area contributed by atoms with Crippen LogP contribution in [-0.4, -0.2) is 46.7 Å². The summed E-state index contributed by atoms with van der Waals surface area (Å²) < 4.78 is 5.73. The fourth-order valence-electron chi connectivity index (χ4n) is 3.51. The van der Waals surface area contributed by atoms with Gasteiger partial charge in [0.15, 0.2) is 0 Å². The molecule has 26 heavy (non-hydrogen) atoms. The minimum atomic E-state index is -0.282. The molecule has 0 aliphatic heterocycles. The normalized spacial score (nSPS) is 20.1. The van der Waals surface area contributed by atoms with E-state index >= 15 is 0 Å². The summed E-state index contributed by atoms with van der Waals surface area (Å²) in [7, 11) is 1.83. The minimum absolute atomic E-state index is 0.101. The molecule has 2 unspecified atom stereocenters. The molecule has 0 saturated heterocycles. The molecule has 1 aromatic carbocycles. The number of hydrogen-bond acceptors (Lipinski definition) is 4. The highest BCUT2D eigenvalue weighted by Gasteiger charge is 2.25. The van der Waals surface area contributed by atoms with Crippen molar-refractivity contribution >= 4 is 16.8 Å². The Morgan fingerprint density at radius 3 is 2.96 bits per heavy atom. The van der Waals surface area contributed by atoms with Crippen LogP contribution in [0.1, 0.15) is 38.5 Å². The largest absolute Gasteiger partial charge is 0.494 e. The highest BCUT2D eigenvalue weighted by atomic mass is 16.5. The summed E-state index contributed by atoms with van der Waals surface area (Å²) >= 11 is 0. The zero-order valence-electron chi connectivity index (χ0n) is 15.1. The van der Waals surface area contributed by atoms with E-state index < -0.39 is 0 Å². The third-order valence-electron chi connectivity index (χ3n) is 5.06. The fraction of sp³-hybridized carbons (Fsp3) is 0.500. The van der Waals surface area contributed by atoms with Crippen molar-refractivity contribution < 1.29 is 14.6 Å². The number of aliphatic hydroxyl groups excluding tert-OH is 1. The van der Waals surface area contributed by atoms with Crippen LogP contribution in [0.4, 0.5) is 0 Å². The zero-order valence-corrected chi connectivity index (χ0v) is 15.1. The Morgan fingerprint density at radius 2 is 2.15 bits per heavy atom. The highest BCUT2D eigenvalue weighted by molar-refractivity contribution is 5.79. The molecule has 0 spiro atoms. The average Bonchev–Trinajstić information content (AvgIpc) is 2.64. The topological polar surface area (TPSA) is 82.6 Å². The number of nitrogens with one attached hydrogen (secondary N) is 1. The number of fused-ring (bicyclic) bond motifs is 1. The third-order valence-corrected chi connectivity index (χ3v) is 5.06. The molecule has 3 rings (SSSR count). The van der Waals surface area contributed by atoms with Gasteiger partial charge in [-0.2, -0.15) is 0 Å². The number of aromatic nitrogens is 1. The Labute approximate surface area is 152 Å². The highest BCUT2D eigenvalue weighted by Crippen LogP contribution is 2.23.